The zero-order chi connectivity index (χ0) is 10.3. The van der Waals surface area contributed by atoms with Crippen molar-refractivity contribution >= 4 is 23.8 Å². The van der Waals surface area contributed by atoms with Gasteiger partial charge >= 0.3 is 5.97 Å². The lowest BCUT2D eigenvalue weighted by molar-refractivity contribution is -0.150. The number of carbonyl (C=O) groups is 3. The van der Waals surface area contributed by atoms with Crippen LogP contribution >= 0.6 is 0 Å². The van der Waals surface area contributed by atoms with Gasteiger partial charge in [0.15, 0.2) is 12.0 Å². The highest BCUT2D eigenvalue weighted by Crippen LogP contribution is 1.85. The number of ketones is 1. The van der Waals surface area contributed by atoms with Crippen molar-refractivity contribution < 1.29 is 24.3 Å². The Labute approximate surface area is 73.5 Å². The Morgan fingerprint density at radius 1 is 1.54 bits per heavy atom. The molecule has 0 unspecified atom stereocenters. The van der Waals surface area contributed by atoms with Gasteiger partial charge in [0.2, 0.25) is 0 Å². The summed E-state index contributed by atoms with van der Waals surface area (Å²) < 4.78 is 4.28. The molecule has 6 nitrogen and oxygen atoms in total. The van der Waals surface area contributed by atoms with Crippen molar-refractivity contribution in [2.24, 2.45) is 5.16 Å². The molecule has 0 atom stereocenters. The monoisotopic (exact) mass is 185 g/mol. The molecule has 0 aliphatic heterocycles. The van der Waals surface area contributed by atoms with Crippen LogP contribution in [0.25, 0.3) is 0 Å². The Kier molecular flexibility index (Phi) is 4.78. The summed E-state index contributed by atoms with van der Waals surface area (Å²) in [4.78, 5) is 31.5. The summed E-state index contributed by atoms with van der Waals surface area (Å²) in [5.74, 6) is -2.56. The van der Waals surface area contributed by atoms with Crippen molar-refractivity contribution in [3.05, 3.63) is 12.7 Å². The lowest BCUT2D eigenvalue weighted by atomic mass is 10.3. The molecule has 0 radical (unpaired) electrons. The van der Waals surface area contributed by atoms with Crippen molar-refractivity contribution in [2.45, 2.75) is 0 Å². The average molecular weight is 185 g/mol. The number of aldehydes is 1. The molecule has 0 rings (SSSR count). The van der Waals surface area contributed by atoms with Gasteiger partial charge in [0.05, 0.1) is 0 Å². The van der Waals surface area contributed by atoms with E-state index in [2.05, 4.69) is 16.5 Å². The van der Waals surface area contributed by atoms with Gasteiger partial charge in [-0.2, -0.15) is 0 Å². The molecule has 0 aromatic heterocycles. The van der Waals surface area contributed by atoms with E-state index in [-0.39, 0.29) is 12.9 Å². The standard InChI is InChI=1S/C7H7NO5/c1-2-3-13-7(11)6(10)5(4-9)8-12/h2,4,12H,1,3H2. The minimum atomic E-state index is -1.29. The van der Waals surface area contributed by atoms with E-state index >= 15 is 0 Å². The molecular formula is C7H7NO5. The molecule has 0 spiro atoms. The first-order valence-corrected chi connectivity index (χ1v) is 3.17. The summed E-state index contributed by atoms with van der Waals surface area (Å²) in [6.45, 7) is 3.09. The van der Waals surface area contributed by atoms with Crippen LogP contribution in [-0.4, -0.2) is 35.6 Å². The summed E-state index contributed by atoms with van der Waals surface area (Å²) >= 11 is 0. The molecule has 0 saturated heterocycles. The Balaban J connectivity index is 4.33. The Morgan fingerprint density at radius 3 is 2.54 bits per heavy atom. The van der Waals surface area contributed by atoms with Gasteiger partial charge in [-0.15, -0.1) is 0 Å². The van der Waals surface area contributed by atoms with E-state index in [9.17, 15) is 14.4 Å². The smallest absolute Gasteiger partial charge is 0.381 e. The molecule has 0 fully saturated rings. The van der Waals surface area contributed by atoms with Crippen LogP contribution in [0.1, 0.15) is 0 Å². The maximum absolute atomic E-state index is 10.8. The van der Waals surface area contributed by atoms with Crippen molar-refractivity contribution in [1.29, 1.82) is 0 Å². The number of hydrogen-bond acceptors (Lipinski definition) is 6. The maximum atomic E-state index is 10.8. The van der Waals surface area contributed by atoms with Crippen LogP contribution in [0.5, 0.6) is 0 Å². The van der Waals surface area contributed by atoms with Gasteiger partial charge in [-0.1, -0.05) is 17.8 Å². The van der Waals surface area contributed by atoms with Gasteiger partial charge in [0.1, 0.15) is 6.61 Å². The zero-order valence-electron chi connectivity index (χ0n) is 6.60. The molecule has 0 amide bonds. The number of carbonyl (C=O) groups excluding carboxylic acids is 3. The fourth-order valence-corrected chi connectivity index (χ4v) is 0.427. The fourth-order valence-electron chi connectivity index (χ4n) is 0.427. The van der Waals surface area contributed by atoms with Gasteiger partial charge in [-0.25, -0.2) is 4.79 Å². The van der Waals surface area contributed by atoms with Crippen LogP contribution in [0, 0.1) is 0 Å². The number of ether oxygens (including phenoxy) is 1. The van der Waals surface area contributed by atoms with Gasteiger partial charge < -0.3 is 9.94 Å². The summed E-state index contributed by atoms with van der Waals surface area (Å²) in [7, 11) is 0. The van der Waals surface area contributed by atoms with Crippen molar-refractivity contribution in [3.8, 4) is 0 Å². The molecule has 0 saturated carbocycles. The number of nitrogens with zero attached hydrogens (tertiary/aromatic N) is 1. The number of esters is 1. The second kappa shape index (κ2) is 5.64. The molecule has 0 bridgehead atoms. The molecular weight excluding hydrogens is 178 g/mol. The number of oxime groups is 1. The highest BCUT2D eigenvalue weighted by Gasteiger charge is 2.21. The fraction of sp³-hybridized carbons (Fsp3) is 0.143. The van der Waals surface area contributed by atoms with E-state index < -0.39 is 17.5 Å². The minimum absolute atomic E-state index is 0.0441. The van der Waals surface area contributed by atoms with E-state index in [4.69, 9.17) is 5.21 Å². The Morgan fingerprint density at radius 2 is 2.15 bits per heavy atom. The van der Waals surface area contributed by atoms with Crippen LogP contribution in [0.15, 0.2) is 17.8 Å². The van der Waals surface area contributed by atoms with Crippen LogP contribution in [-0.2, 0) is 19.1 Å². The molecule has 6 heteroatoms. The summed E-state index contributed by atoms with van der Waals surface area (Å²) in [5, 5.41) is 10.4. The largest absolute Gasteiger partial charge is 0.455 e. The maximum Gasteiger partial charge on any atom is 0.381 e. The summed E-state index contributed by atoms with van der Waals surface area (Å²) in [6.07, 6.45) is 1.21. The Bertz CT molecular complexity index is 268. The minimum Gasteiger partial charge on any atom is -0.455 e. The first-order valence-electron chi connectivity index (χ1n) is 3.17. The average Bonchev–Trinajstić information content (AvgIpc) is 2.15. The number of rotatable bonds is 5. The van der Waals surface area contributed by atoms with Gasteiger partial charge in [0, 0.05) is 0 Å². The van der Waals surface area contributed by atoms with Crippen LogP contribution in [0.4, 0.5) is 0 Å². The Hall–Kier alpha value is -1.98. The number of hydrogen-bond donors (Lipinski definition) is 1. The summed E-state index contributed by atoms with van der Waals surface area (Å²) in [6, 6.07) is 0. The third-order valence-electron chi connectivity index (χ3n) is 0.970. The molecule has 70 valence electrons. The third-order valence-corrected chi connectivity index (χ3v) is 0.970. The van der Waals surface area contributed by atoms with Gasteiger partial charge in [-0.3, -0.25) is 9.59 Å². The molecule has 0 aromatic carbocycles. The lowest BCUT2D eigenvalue weighted by Crippen LogP contribution is -2.27. The topological polar surface area (TPSA) is 93.0 Å². The van der Waals surface area contributed by atoms with Crippen LogP contribution < -0.4 is 0 Å². The van der Waals surface area contributed by atoms with E-state index in [1.54, 1.807) is 0 Å². The quantitative estimate of drug-likeness (QED) is 0.0894. The molecule has 0 aromatic rings. The second-order valence-corrected chi connectivity index (χ2v) is 1.82. The predicted octanol–water partition coefficient (Wildman–Crippen LogP) is -0.686. The van der Waals surface area contributed by atoms with E-state index in [1.807, 2.05) is 0 Å². The second-order valence-electron chi connectivity index (χ2n) is 1.82. The van der Waals surface area contributed by atoms with E-state index in [0.29, 0.717) is 0 Å². The molecule has 0 aliphatic rings. The molecule has 1 N–H and O–H groups in total. The molecule has 13 heavy (non-hydrogen) atoms. The highest BCUT2D eigenvalue weighted by atomic mass is 16.5. The van der Waals surface area contributed by atoms with E-state index in [1.165, 1.54) is 6.08 Å². The molecule has 0 aliphatic carbocycles. The lowest BCUT2D eigenvalue weighted by Gasteiger charge is -1.97. The normalized spacial score (nSPS) is 10.3. The SMILES string of the molecule is C=CCOC(=O)C(=O)C(C=O)=NO. The summed E-state index contributed by atoms with van der Waals surface area (Å²) in [5.41, 5.74) is -0.894. The third kappa shape index (κ3) is 3.28. The zero-order valence-corrected chi connectivity index (χ0v) is 6.60. The molecule has 0 heterocycles. The first-order chi connectivity index (χ1) is 6.17. The van der Waals surface area contributed by atoms with Crippen LogP contribution in [0.2, 0.25) is 0 Å². The highest BCUT2D eigenvalue weighted by molar-refractivity contribution is 6.75. The van der Waals surface area contributed by atoms with Crippen molar-refractivity contribution in [2.75, 3.05) is 6.61 Å². The van der Waals surface area contributed by atoms with Crippen molar-refractivity contribution in [3.63, 3.8) is 0 Å². The van der Waals surface area contributed by atoms with E-state index in [0.717, 1.165) is 0 Å². The number of Topliss-reactive ketones (excluding diaryl/α,β-unsaturated/α-hetero) is 1. The van der Waals surface area contributed by atoms with Crippen LogP contribution in [0.3, 0.4) is 0 Å². The van der Waals surface area contributed by atoms with Crippen molar-refractivity contribution in [1.82, 2.24) is 0 Å². The predicted molar refractivity (Wildman–Crippen MR) is 41.4 cm³/mol. The first kappa shape index (κ1) is 11.0. The van der Waals surface area contributed by atoms with Gasteiger partial charge in [0.25, 0.3) is 5.78 Å². The van der Waals surface area contributed by atoms with Gasteiger partial charge in [-0.05, 0) is 0 Å².